The van der Waals surface area contributed by atoms with Gasteiger partial charge in [0.25, 0.3) is 20.0 Å². The standard InChI is InChI=1S/C15H18N2O4S2/c1-16(14-9-5-3-6-10-14)22(18,19)13-23(20,21)17(2)15-11-7-4-8-12-15/h3-12H,13H2,1-2H3. The van der Waals surface area contributed by atoms with Crippen LogP contribution in [0, 0.1) is 0 Å². The largest absolute Gasteiger partial charge is 0.272 e. The van der Waals surface area contributed by atoms with Gasteiger partial charge in [-0.3, -0.25) is 8.61 Å². The maximum atomic E-state index is 12.4. The number of sulfonamides is 2. The van der Waals surface area contributed by atoms with Gasteiger partial charge in [0.15, 0.2) is 5.08 Å². The van der Waals surface area contributed by atoms with Crippen molar-refractivity contribution in [2.75, 3.05) is 27.8 Å². The van der Waals surface area contributed by atoms with E-state index in [9.17, 15) is 16.8 Å². The van der Waals surface area contributed by atoms with Crippen molar-refractivity contribution >= 4 is 31.4 Å². The lowest BCUT2D eigenvalue weighted by atomic mass is 10.3. The van der Waals surface area contributed by atoms with E-state index in [1.54, 1.807) is 60.7 Å². The molecule has 0 aliphatic carbocycles. The third kappa shape index (κ3) is 4.02. The van der Waals surface area contributed by atoms with Gasteiger partial charge < -0.3 is 0 Å². The van der Waals surface area contributed by atoms with Gasteiger partial charge in [-0.1, -0.05) is 36.4 Å². The van der Waals surface area contributed by atoms with Gasteiger partial charge in [0.2, 0.25) is 0 Å². The molecule has 0 aromatic heterocycles. The third-order valence-electron chi connectivity index (χ3n) is 3.37. The highest BCUT2D eigenvalue weighted by molar-refractivity contribution is 8.09. The van der Waals surface area contributed by atoms with Crippen LogP contribution in [-0.2, 0) is 20.0 Å². The Bertz CT molecular complexity index is 777. The molecule has 6 nitrogen and oxygen atoms in total. The fraction of sp³-hybridized carbons (Fsp3) is 0.200. The van der Waals surface area contributed by atoms with Crippen LogP contribution >= 0.6 is 0 Å². The second kappa shape index (κ2) is 6.59. The Balaban J connectivity index is 2.26. The van der Waals surface area contributed by atoms with E-state index in [1.165, 1.54) is 14.1 Å². The van der Waals surface area contributed by atoms with Crippen molar-refractivity contribution < 1.29 is 16.8 Å². The zero-order valence-corrected chi connectivity index (χ0v) is 14.5. The van der Waals surface area contributed by atoms with Crippen molar-refractivity contribution in [3.8, 4) is 0 Å². The van der Waals surface area contributed by atoms with Crippen molar-refractivity contribution in [3.05, 3.63) is 60.7 Å². The Labute approximate surface area is 137 Å². The maximum Gasteiger partial charge on any atom is 0.251 e. The van der Waals surface area contributed by atoms with E-state index in [-0.39, 0.29) is 0 Å². The summed E-state index contributed by atoms with van der Waals surface area (Å²) < 4.78 is 51.6. The molecule has 0 amide bonds. The highest BCUT2D eigenvalue weighted by Gasteiger charge is 2.30. The summed E-state index contributed by atoms with van der Waals surface area (Å²) in [4.78, 5) is 0. The Morgan fingerprint density at radius 3 is 1.26 bits per heavy atom. The van der Waals surface area contributed by atoms with E-state index >= 15 is 0 Å². The predicted molar refractivity (Wildman–Crippen MR) is 92.4 cm³/mol. The van der Waals surface area contributed by atoms with E-state index in [0.717, 1.165) is 8.61 Å². The molecule has 0 fully saturated rings. The number of hydrogen-bond acceptors (Lipinski definition) is 4. The average molecular weight is 354 g/mol. The summed E-state index contributed by atoms with van der Waals surface area (Å²) in [6, 6.07) is 16.7. The van der Waals surface area contributed by atoms with E-state index in [0.29, 0.717) is 11.4 Å². The van der Waals surface area contributed by atoms with Gasteiger partial charge in [0.05, 0.1) is 11.4 Å². The number of anilines is 2. The normalized spacial score (nSPS) is 11.9. The van der Waals surface area contributed by atoms with Gasteiger partial charge in [-0.2, -0.15) is 0 Å². The molecule has 2 aromatic carbocycles. The molecule has 0 aliphatic rings. The van der Waals surface area contributed by atoms with E-state index in [1.807, 2.05) is 0 Å². The second-order valence-corrected chi connectivity index (χ2v) is 9.31. The van der Waals surface area contributed by atoms with Crippen LogP contribution in [0.5, 0.6) is 0 Å². The molecule has 0 aliphatic heterocycles. The second-order valence-electron chi connectivity index (χ2n) is 4.95. The quantitative estimate of drug-likeness (QED) is 0.794. The fourth-order valence-corrected chi connectivity index (χ4v) is 5.60. The van der Waals surface area contributed by atoms with Crippen molar-refractivity contribution in [2.45, 2.75) is 0 Å². The van der Waals surface area contributed by atoms with Gasteiger partial charge in [-0.05, 0) is 24.3 Å². The highest BCUT2D eigenvalue weighted by Crippen LogP contribution is 2.20. The molecule has 2 aromatic rings. The molecular weight excluding hydrogens is 336 g/mol. The van der Waals surface area contributed by atoms with Crippen LogP contribution in [0.15, 0.2) is 60.7 Å². The zero-order valence-electron chi connectivity index (χ0n) is 12.8. The summed E-state index contributed by atoms with van der Waals surface area (Å²) in [5.41, 5.74) is 0.815. The molecule has 8 heteroatoms. The summed E-state index contributed by atoms with van der Waals surface area (Å²) in [5, 5.41) is -1.00. The monoisotopic (exact) mass is 354 g/mol. The number of nitrogens with zero attached hydrogens (tertiary/aromatic N) is 2. The SMILES string of the molecule is CN(c1ccccc1)S(=O)(=O)CS(=O)(=O)N(C)c1ccccc1. The molecule has 0 heterocycles. The van der Waals surface area contributed by atoms with Crippen LogP contribution in [-0.4, -0.2) is 36.0 Å². The molecule has 0 spiro atoms. The van der Waals surface area contributed by atoms with Crippen LogP contribution < -0.4 is 8.61 Å². The zero-order chi connectivity index (χ0) is 17.1. The summed E-state index contributed by atoms with van der Waals surface area (Å²) >= 11 is 0. The summed E-state index contributed by atoms with van der Waals surface area (Å²) in [6.07, 6.45) is 0. The molecule has 0 saturated heterocycles. The van der Waals surface area contributed by atoms with Crippen molar-refractivity contribution in [1.29, 1.82) is 0 Å². The third-order valence-corrected chi connectivity index (χ3v) is 7.85. The first-order valence-electron chi connectivity index (χ1n) is 6.77. The molecule has 0 bridgehead atoms. The first-order valence-corrected chi connectivity index (χ1v) is 9.99. The predicted octanol–water partition coefficient (Wildman–Crippen LogP) is 1.88. The van der Waals surface area contributed by atoms with Crippen LogP contribution in [0.2, 0.25) is 0 Å². The lowest BCUT2D eigenvalue weighted by Crippen LogP contribution is -2.38. The molecular formula is C15H18N2O4S2. The topological polar surface area (TPSA) is 74.8 Å². The number of rotatable bonds is 6. The highest BCUT2D eigenvalue weighted by atomic mass is 32.3. The van der Waals surface area contributed by atoms with Crippen LogP contribution in [0.25, 0.3) is 0 Å². The lowest BCUT2D eigenvalue weighted by molar-refractivity contribution is 0.587. The molecule has 0 unspecified atom stereocenters. The smallest absolute Gasteiger partial charge is 0.251 e. The Hall–Kier alpha value is -2.06. The first kappa shape index (κ1) is 17.3. The molecule has 124 valence electrons. The van der Waals surface area contributed by atoms with Gasteiger partial charge in [0.1, 0.15) is 0 Å². The number of hydrogen-bond donors (Lipinski definition) is 0. The molecule has 0 N–H and O–H groups in total. The van der Waals surface area contributed by atoms with E-state index in [2.05, 4.69) is 0 Å². The Kier molecular flexibility index (Phi) is 4.96. The Morgan fingerprint density at radius 2 is 0.957 bits per heavy atom. The summed E-state index contributed by atoms with van der Waals surface area (Å²) in [7, 11) is -5.37. The van der Waals surface area contributed by atoms with Crippen LogP contribution in [0.1, 0.15) is 0 Å². The minimum atomic E-state index is -4.02. The molecule has 0 radical (unpaired) electrons. The molecule has 23 heavy (non-hydrogen) atoms. The van der Waals surface area contributed by atoms with Gasteiger partial charge in [-0.25, -0.2) is 16.8 Å². The molecule has 0 atom stereocenters. The van der Waals surface area contributed by atoms with Gasteiger partial charge in [-0.15, -0.1) is 0 Å². The maximum absolute atomic E-state index is 12.4. The van der Waals surface area contributed by atoms with Crippen LogP contribution in [0.4, 0.5) is 11.4 Å². The van der Waals surface area contributed by atoms with Gasteiger partial charge >= 0.3 is 0 Å². The molecule has 0 saturated carbocycles. The lowest BCUT2D eigenvalue weighted by Gasteiger charge is -2.23. The van der Waals surface area contributed by atoms with E-state index in [4.69, 9.17) is 0 Å². The van der Waals surface area contributed by atoms with Crippen molar-refractivity contribution in [3.63, 3.8) is 0 Å². The summed E-state index contributed by atoms with van der Waals surface area (Å²) in [6.45, 7) is 0. The van der Waals surface area contributed by atoms with Gasteiger partial charge in [0, 0.05) is 14.1 Å². The summed E-state index contributed by atoms with van der Waals surface area (Å²) in [5.74, 6) is 0. The number of benzene rings is 2. The molecule has 2 rings (SSSR count). The minimum Gasteiger partial charge on any atom is -0.272 e. The number of para-hydroxylation sites is 2. The van der Waals surface area contributed by atoms with Crippen molar-refractivity contribution in [2.24, 2.45) is 0 Å². The minimum absolute atomic E-state index is 0.407. The van der Waals surface area contributed by atoms with E-state index < -0.39 is 25.1 Å². The fourth-order valence-electron chi connectivity index (χ4n) is 1.94. The first-order chi connectivity index (χ1) is 10.7. The Morgan fingerprint density at radius 1 is 0.652 bits per heavy atom. The average Bonchev–Trinajstić information content (AvgIpc) is 2.54. The van der Waals surface area contributed by atoms with Crippen molar-refractivity contribution in [1.82, 2.24) is 0 Å². The van der Waals surface area contributed by atoms with Crippen LogP contribution in [0.3, 0.4) is 0 Å².